The molecule has 1 N–H and O–H groups in total. The van der Waals surface area contributed by atoms with Crippen LogP contribution >= 0.6 is 31.9 Å². The van der Waals surface area contributed by atoms with Crippen molar-refractivity contribution in [3.8, 4) is 17.0 Å². The van der Waals surface area contributed by atoms with Crippen LogP contribution in [0.2, 0.25) is 0 Å². The standard InChI is InChI=1S/C19H24Br2N2O/c1-13(23-9-5-3-4-6-10-23)17-7-8-18(22-17)15-11-14(20)12-16(21)19(15)24-2/h7-8,11-13,22H,3-6,9-10H2,1-2H3. The molecule has 1 aliphatic rings. The van der Waals surface area contributed by atoms with Crippen LogP contribution in [0.5, 0.6) is 5.75 Å². The predicted octanol–water partition coefficient (Wildman–Crippen LogP) is 6.15. The van der Waals surface area contributed by atoms with Gasteiger partial charge in [0.05, 0.1) is 11.6 Å². The zero-order valence-corrected chi connectivity index (χ0v) is 17.4. The summed E-state index contributed by atoms with van der Waals surface area (Å²) in [6.45, 7) is 4.69. The normalized spacial score (nSPS) is 17.5. The number of nitrogens with one attached hydrogen (secondary N) is 1. The van der Waals surface area contributed by atoms with E-state index in [-0.39, 0.29) is 0 Å². The van der Waals surface area contributed by atoms with Crippen molar-refractivity contribution >= 4 is 31.9 Å². The molecule has 1 aromatic heterocycles. The Kier molecular flexibility index (Phi) is 6.06. The van der Waals surface area contributed by atoms with E-state index in [1.807, 2.05) is 6.07 Å². The monoisotopic (exact) mass is 454 g/mol. The van der Waals surface area contributed by atoms with Gasteiger partial charge in [-0.1, -0.05) is 28.8 Å². The van der Waals surface area contributed by atoms with Crippen molar-refractivity contribution in [3.05, 3.63) is 38.9 Å². The molecular weight excluding hydrogens is 432 g/mol. The summed E-state index contributed by atoms with van der Waals surface area (Å²) in [5.74, 6) is 0.856. The van der Waals surface area contributed by atoms with Crippen LogP contribution in [-0.4, -0.2) is 30.1 Å². The minimum Gasteiger partial charge on any atom is -0.495 e. The first kappa shape index (κ1) is 18.0. The van der Waals surface area contributed by atoms with E-state index in [4.69, 9.17) is 4.74 Å². The first-order valence-corrected chi connectivity index (χ1v) is 10.1. The summed E-state index contributed by atoms with van der Waals surface area (Å²) in [5, 5.41) is 0. The lowest BCUT2D eigenvalue weighted by atomic mass is 10.1. The molecule has 5 heteroatoms. The largest absolute Gasteiger partial charge is 0.495 e. The number of rotatable bonds is 4. The fraction of sp³-hybridized carbons (Fsp3) is 0.474. The first-order valence-electron chi connectivity index (χ1n) is 8.56. The topological polar surface area (TPSA) is 28.3 Å². The Hall–Kier alpha value is -0.780. The lowest BCUT2D eigenvalue weighted by Gasteiger charge is -2.26. The average molecular weight is 456 g/mol. The number of likely N-dealkylation sites (tertiary alicyclic amines) is 1. The van der Waals surface area contributed by atoms with Gasteiger partial charge in [-0.05, 0) is 73.1 Å². The molecule has 1 atom stereocenters. The third kappa shape index (κ3) is 3.89. The summed E-state index contributed by atoms with van der Waals surface area (Å²) in [6, 6.07) is 8.87. The Labute approximate surface area is 161 Å². The number of aromatic nitrogens is 1. The molecule has 1 unspecified atom stereocenters. The number of hydrogen-bond donors (Lipinski definition) is 1. The minimum absolute atomic E-state index is 0.415. The Morgan fingerprint density at radius 3 is 2.46 bits per heavy atom. The molecule has 3 nitrogen and oxygen atoms in total. The summed E-state index contributed by atoms with van der Waals surface area (Å²) >= 11 is 7.16. The second kappa shape index (κ2) is 8.07. The van der Waals surface area contributed by atoms with Crippen molar-refractivity contribution < 1.29 is 4.74 Å². The Morgan fingerprint density at radius 2 is 1.79 bits per heavy atom. The zero-order chi connectivity index (χ0) is 17.1. The molecule has 0 amide bonds. The summed E-state index contributed by atoms with van der Waals surface area (Å²) in [4.78, 5) is 6.21. The van der Waals surface area contributed by atoms with Gasteiger partial charge in [0, 0.05) is 27.5 Å². The van der Waals surface area contributed by atoms with E-state index in [9.17, 15) is 0 Å². The number of nitrogens with zero attached hydrogens (tertiary/aromatic N) is 1. The predicted molar refractivity (Wildman–Crippen MR) is 107 cm³/mol. The van der Waals surface area contributed by atoms with Crippen LogP contribution in [-0.2, 0) is 0 Å². The molecule has 1 fully saturated rings. The summed E-state index contributed by atoms with van der Waals surface area (Å²) < 4.78 is 7.57. The smallest absolute Gasteiger partial charge is 0.142 e. The maximum Gasteiger partial charge on any atom is 0.142 e. The van der Waals surface area contributed by atoms with Crippen LogP contribution in [0.4, 0.5) is 0 Å². The van der Waals surface area contributed by atoms with Gasteiger partial charge in [0.15, 0.2) is 0 Å². The zero-order valence-electron chi connectivity index (χ0n) is 14.2. The highest BCUT2D eigenvalue weighted by Gasteiger charge is 2.20. The van der Waals surface area contributed by atoms with Crippen molar-refractivity contribution in [1.82, 2.24) is 9.88 Å². The molecule has 1 aromatic carbocycles. The van der Waals surface area contributed by atoms with Crippen LogP contribution in [0.3, 0.4) is 0 Å². The van der Waals surface area contributed by atoms with Gasteiger partial charge in [0.1, 0.15) is 5.75 Å². The van der Waals surface area contributed by atoms with E-state index in [0.29, 0.717) is 6.04 Å². The molecule has 3 rings (SSSR count). The molecule has 2 heterocycles. The van der Waals surface area contributed by atoms with Crippen LogP contribution in [0, 0.1) is 0 Å². The third-order valence-corrected chi connectivity index (χ3v) is 5.90. The number of hydrogen-bond acceptors (Lipinski definition) is 2. The first-order chi connectivity index (χ1) is 11.6. The Balaban J connectivity index is 1.88. The van der Waals surface area contributed by atoms with Gasteiger partial charge in [0.2, 0.25) is 0 Å². The molecule has 0 saturated carbocycles. The number of methoxy groups -OCH3 is 1. The maximum absolute atomic E-state index is 5.59. The second-order valence-corrected chi connectivity index (χ2v) is 8.19. The van der Waals surface area contributed by atoms with Crippen LogP contribution in [0.25, 0.3) is 11.3 Å². The van der Waals surface area contributed by atoms with Gasteiger partial charge >= 0.3 is 0 Å². The molecule has 24 heavy (non-hydrogen) atoms. The van der Waals surface area contributed by atoms with Crippen LogP contribution < -0.4 is 4.74 Å². The highest BCUT2D eigenvalue weighted by molar-refractivity contribution is 9.11. The van der Waals surface area contributed by atoms with Crippen LogP contribution in [0.1, 0.15) is 44.3 Å². The van der Waals surface area contributed by atoms with Gasteiger partial charge in [-0.25, -0.2) is 0 Å². The van der Waals surface area contributed by atoms with E-state index >= 15 is 0 Å². The number of benzene rings is 1. The summed E-state index contributed by atoms with van der Waals surface area (Å²) in [6.07, 6.45) is 5.35. The lowest BCUT2D eigenvalue weighted by Crippen LogP contribution is -2.28. The highest BCUT2D eigenvalue weighted by Crippen LogP contribution is 2.39. The van der Waals surface area contributed by atoms with E-state index in [2.05, 4.69) is 66.9 Å². The number of aromatic amines is 1. The third-order valence-electron chi connectivity index (χ3n) is 4.85. The van der Waals surface area contributed by atoms with Gasteiger partial charge < -0.3 is 9.72 Å². The molecule has 0 aliphatic carbocycles. The molecule has 1 saturated heterocycles. The van der Waals surface area contributed by atoms with Gasteiger partial charge in [-0.15, -0.1) is 0 Å². The SMILES string of the molecule is COc1c(Br)cc(Br)cc1-c1ccc(C(C)N2CCCCCC2)[nH]1. The van der Waals surface area contributed by atoms with E-state index < -0.39 is 0 Å². The fourth-order valence-corrected chi connectivity index (χ4v) is 4.85. The lowest BCUT2D eigenvalue weighted by molar-refractivity contribution is 0.216. The van der Waals surface area contributed by atoms with Gasteiger partial charge in [-0.3, -0.25) is 4.90 Å². The van der Waals surface area contributed by atoms with Crippen molar-refractivity contribution in [3.63, 3.8) is 0 Å². The van der Waals surface area contributed by atoms with Crippen molar-refractivity contribution in [1.29, 1.82) is 0 Å². The van der Waals surface area contributed by atoms with Gasteiger partial charge in [0.25, 0.3) is 0 Å². The average Bonchev–Trinajstić information content (AvgIpc) is 2.89. The Morgan fingerprint density at radius 1 is 1.08 bits per heavy atom. The maximum atomic E-state index is 5.59. The van der Waals surface area contributed by atoms with Gasteiger partial charge in [-0.2, -0.15) is 0 Å². The molecule has 0 spiro atoms. The second-order valence-electron chi connectivity index (χ2n) is 6.42. The molecular formula is C19H24Br2N2O. The fourth-order valence-electron chi connectivity index (χ4n) is 3.46. The quantitative estimate of drug-likeness (QED) is 0.598. The summed E-state index contributed by atoms with van der Waals surface area (Å²) in [7, 11) is 1.71. The highest BCUT2D eigenvalue weighted by atomic mass is 79.9. The Bertz CT molecular complexity index is 691. The summed E-state index contributed by atoms with van der Waals surface area (Å²) in [5.41, 5.74) is 3.42. The molecule has 0 radical (unpaired) electrons. The van der Waals surface area contributed by atoms with E-state index in [1.165, 1.54) is 44.5 Å². The molecule has 1 aliphatic heterocycles. The van der Waals surface area contributed by atoms with E-state index in [0.717, 1.165) is 26.0 Å². The number of H-pyrrole nitrogens is 1. The van der Waals surface area contributed by atoms with E-state index in [1.54, 1.807) is 7.11 Å². The molecule has 130 valence electrons. The molecule has 0 bridgehead atoms. The van der Waals surface area contributed by atoms with Crippen LogP contribution in [0.15, 0.2) is 33.2 Å². The number of halogens is 2. The number of ether oxygens (including phenoxy) is 1. The molecule has 2 aromatic rings. The van der Waals surface area contributed by atoms with Crippen molar-refractivity contribution in [2.45, 2.75) is 38.6 Å². The minimum atomic E-state index is 0.415. The van der Waals surface area contributed by atoms with Crippen molar-refractivity contribution in [2.75, 3.05) is 20.2 Å². The van der Waals surface area contributed by atoms with Crippen molar-refractivity contribution in [2.24, 2.45) is 0 Å².